The normalized spacial score (nSPS) is 17.2. The number of hydrogen-bond acceptors (Lipinski definition) is 2. The van der Waals surface area contributed by atoms with Crippen LogP contribution in [0.15, 0.2) is 66.7 Å². The van der Waals surface area contributed by atoms with E-state index in [-0.39, 0.29) is 11.4 Å². The Morgan fingerprint density at radius 1 is 0.970 bits per heavy atom. The van der Waals surface area contributed by atoms with Gasteiger partial charge in [-0.3, -0.25) is 9.80 Å². The minimum absolute atomic E-state index is 0.0104. The number of rotatable bonds is 3. The van der Waals surface area contributed by atoms with E-state index in [0.717, 1.165) is 38.2 Å². The first-order valence-corrected chi connectivity index (χ1v) is 12.1. The summed E-state index contributed by atoms with van der Waals surface area (Å²) in [5, 5.41) is 3.90. The van der Waals surface area contributed by atoms with E-state index in [4.69, 9.17) is 23.2 Å². The van der Waals surface area contributed by atoms with Crippen molar-refractivity contribution in [2.75, 3.05) is 29.9 Å². The van der Waals surface area contributed by atoms with Crippen molar-refractivity contribution in [3.05, 3.63) is 93.5 Å². The van der Waals surface area contributed by atoms with Crippen LogP contribution in [0.5, 0.6) is 0 Å². The fraction of sp³-hybridized carbons (Fsp3) is 0.296. The van der Waals surface area contributed by atoms with Gasteiger partial charge in [0.1, 0.15) is 0 Å². The molecular weight excluding hydrogens is 453 g/mol. The first-order chi connectivity index (χ1) is 15.9. The number of aryl methyl sites for hydroxylation is 1. The Morgan fingerprint density at radius 2 is 1.73 bits per heavy atom. The number of hydrogen-bond donors (Lipinski definition) is 1. The first kappa shape index (κ1) is 22.3. The predicted octanol–water partition coefficient (Wildman–Crippen LogP) is 6.89. The number of piperidine rings is 1. The van der Waals surface area contributed by atoms with Gasteiger partial charge in [-0.1, -0.05) is 71.2 Å². The lowest BCUT2D eigenvalue weighted by atomic mass is 9.74. The maximum absolute atomic E-state index is 13.3. The van der Waals surface area contributed by atoms with Gasteiger partial charge >= 0.3 is 6.03 Å². The lowest BCUT2D eigenvalue weighted by Crippen LogP contribution is -2.46. The van der Waals surface area contributed by atoms with E-state index in [2.05, 4.69) is 65.7 Å². The molecule has 5 rings (SSSR count). The van der Waals surface area contributed by atoms with Crippen LogP contribution >= 0.6 is 23.2 Å². The van der Waals surface area contributed by atoms with E-state index in [1.165, 1.54) is 16.7 Å². The molecule has 2 aliphatic heterocycles. The molecule has 0 atom stereocenters. The van der Waals surface area contributed by atoms with Gasteiger partial charge in [-0.15, -0.1) is 0 Å². The van der Waals surface area contributed by atoms with Gasteiger partial charge < -0.3 is 5.32 Å². The van der Waals surface area contributed by atoms with Gasteiger partial charge in [-0.05, 0) is 68.2 Å². The number of benzene rings is 3. The van der Waals surface area contributed by atoms with Crippen LogP contribution in [-0.4, -0.2) is 30.6 Å². The summed E-state index contributed by atoms with van der Waals surface area (Å²) in [6.45, 7) is 5.82. The van der Waals surface area contributed by atoms with E-state index >= 15 is 0 Å². The zero-order valence-electron chi connectivity index (χ0n) is 18.7. The van der Waals surface area contributed by atoms with Crippen LogP contribution in [0.2, 0.25) is 10.0 Å². The molecule has 2 aliphatic rings. The van der Waals surface area contributed by atoms with Crippen molar-refractivity contribution in [1.29, 1.82) is 0 Å². The van der Waals surface area contributed by atoms with Crippen LogP contribution in [-0.2, 0) is 12.0 Å². The zero-order valence-corrected chi connectivity index (χ0v) is 20.2. The third-order valence-corrected chi connectivity index (χ3v) is 7.69. The standard InChI is InChI=1S/C27H27Cl2N3O/c1-19-7-10-25-22(15-19)27(11-13-31(14-12-27)17-20-5-3-2-4-6-20)18-32(25)26(33)30-21-8-9-23(28)24(29)16-21/h2-10,15-16H,11-14,17-18H2,1H3,(H,30,33). The number of urea groups is 1. The van der Waals surface area contributed by atoms with Crippen molar-refractivity contribution in [1.82, 2.24) is 4.90 Å². The molecule has 4 nitrogen and oxygen atoms in total. The molecule has 0 radical (unpaired) electrons. The summed E-state index contributed by atoms with van der Waals surface area (Å²) in [6, 6.07) is 22.1. The van der Waals surface area contributed by atoms with Crippen LogP contribution in [0.25, 0.3) is 0 Å². The maximum atomic E-state index is 13.3. The summed E-state index contributed by atoms with van der Waals surface area (Å²) < 4.78 is 0. The van der Waals surface area contributed by atoms with Gasteiger partial charge in [0.2, 0.25) is 0 Å². The lowest BCUT2D eigenvalue weighted by molar-refractivity contribution is 0.160. The fourth-order valence-electron chi connectivity index (χ4n) is 5.14. The number of fused-ring (bicyclic) bond motifs is 2. The molecule has 6 heteroatoms. The van der Waals surface area contributed by atoms with Crippen molar-refractivity contribution in [2.45, 2.75) is 31.7 Å². The number of halogens is 2. The molecule has 1 N–H and O–H groups in total. The molecule has 2 amide bonds. The van der Waals surface area contributed by atoms with Gasteiger partial charge in [-0.2, -0.15) is 0 Å². The Kier molecular flexibility index (Phi) is 6.09. The third kappa shape index (κ3) is 4.48. The van der Waals surface area contributed by atoms with E-state index in [0.29, 0.717) is 22.3 Å². The fourth-order valence-corrected chi connectivity index (χ4v) is 5.44. The molecule has 170 valence electrons. The minimum Gasteiger partial charge on any atom is -0.307 e. The van der Waals surface area contributed by atoms with E-state index in [9.17, 15) is 4.79 Å². The number of nitrogens with zero attached hydrogens (tertiary/aromatic N) is 2. The number of amides is 2. The van der Waals surface area contributed by atoms with E-state index < -0.39 is 0 Å². The Labute approximate surface area is 205 Å². The highest BCUT2D eigenvalue weighted by Gasteiger charge is 2.46. The second-order valence-electron chi connectivity index (χ2n) is 9.21. The molecular formula is C27H27Cl2N3O. The molecule has 0 saturated carbocycles. The third-order valence-electron chi connectivity index (χ3n) is 6.95. The second kappa shape index (κ2) is 9.02. The summed E-state index contributed by atoms with van der Waals surface area (Å²) in [6.07, 6.45) is 2.07. The Balaban J connectivity index is 1.35. The average molecular weight is 480 g/mol. The summed E-state index contributed by atoms with van der Waals surface area (Å²) in [5.41, 5.74) is 5.51. The summed E-state index contributed by atoms with van der Waals surface area (Å²) in [4.78, 5) is 17.7. The second-order valence-corrected chi connectivity index (χ2v) is 10.0. The first-order valence-electron chi connectivity index (χ1n) is 11.3. The highest BCUT2D eigenvalue weighted by atomic mass is 35.5. The monoisotopic (exact) mass is 479 g/mol. The largest absolute Gasteiger partial charge is 0.326 e. The van der Waals surface area contributed by atoms with Crippen LogP contribution in [0.4, 0.5) is 16.2 Å². The maximum Gasteiger partial charge on any atom is 0.326 e. The molecule has 3 aromatic rings. The van der Waals surface area contributed by atoms with Crippen LogP contribution in [0.1, 0.15) is 29.5 Å². The Hall–Kier alpha value is -2.53. The molecule has 1 saturated heterocycles. The van der Waals surface area contributed by atoms with Crippen molar-refractivity contribution in [2.24, 2.45) is 0 Å². The van der Waals surface area contributed by atoms with Crippen LogP contribution < -0.4 is 10.2 Å². The van der Waals surface area contributed by atoms with Gasteiger partial charge in [0.25, 0.3) is 0 Å². The molecule has 2 heterocycles. The highest BCUT2D eigenvalue weighted by Crippen LogP contribution is 2.47. The number of carbonyl (C=O) groups is 1. The average Bonchev–Trinajstić information content (AvgIpc) is 3.12. The molecule has 1 spiro atoms. The quantitative estimate of drug-likeness (QED) is 0.443. The van der Waals surface area contributed by atoms with E-state index in [1.807, 2.05) is 4.90 Å². The van der Waals surface area contributed by atoms with Crippen molar-refractivity contribution in [3.63, 3.8) is 0 Å². The topological polar surface area (TPSA) is 35.6 Å². The van der Waals surface area contributed by atoms with Crippen molar-refractivity contribution >= 4 is 40.6 Å². The Morgan fingerprint density at radius 3 is 2.45 bits per heavy atom. The highest BCUT2D eigenvalue weighted by molar-refractivity contribution is 6.42. The molecule has 0 bridgehead atoms. The van der Waals surface area contributed by atoms with Gasteiger partial charge in [0.05, 0.1) is 10.0 Å². The number of anilines is 2. The van der Waals surface area contributed by atoms with E-state index in [1.54, 1.807) is 18.2 Å². The smallest absolute Gasteiger partial charge is 0.307 e. The molecule has 0 aliphatic carbocycles. The molecule has 3 aromatic carbocycles. The van der Waals surface area contributed by atoms with Gasteiger partial charge in [-0.25, -0.2) is 4.79 Å². The summed E-state index contributed by atoms with van der Waals surface area (Å²) >= 11 is 12.2. The lowest BCUT2D eigenvalue weighted by Gasteiger charge is -2.40. The van der Waals surface area contributed by atoms with Gasteiger partial charge in [0, 0.05) is 29.9 Å². The summed E-state index contributed by atoms with van der Waals surface area (Å²) in [7, 11) is 0. The Bertz CT molecular complexity index is 1170. The number of likely N-dealkylation sites (tertiary alicyclic amines) is 1. The summed E-state index contributed by atoms with van der Waals surface area (Å²) in [5.74, 6) is 0. The van der Waals surface area contributed by atoms with Crippen LogP contribution in [0.3, 0.4) is 0 Å². The molecule has 1 fully saturated rings. The van der Waals surface area contributed by atoms with Crippen LogP contribution in [0, 0.1) is 6.92 Å². The molecule has 0 unspecified atom stereocenters. The molecule has 33 heavy (non-hydrogen) atoms. The number of carbonyl (C=O) groups excluding carboxylic acids is 1. The minimum atomic E-state index is -0.137. The van der Waals surface area contributed by atoms with Gasteiger partial charge in [0.15, 0.2) is 0 Å². The van der Waals surface area contributed by atoms with Crippen molar-refractivity contribution in [3.8, 4) is 0 Å². The SMILES string of the molecule is Cc1ccc2c(c1)C1(CCN(Cc3ccccc3)CC1)CN2C(=O)Nc1ccc(Cl)c(Cl)c1. The zero-order chi connectivity index (χ0) is 23.0. The van der Waals surface area contributed by atoms with Crippen molar-refractivity contribution < 1.29 is 4.79 Å². The predicted molar refractivity (Wildman–Crippen MR) is 137 cm³/mol. The number of nitrogens with one attached hydrogen (secondary N) is 1. The molecule has 0 aromatic heterocycles.